The van der Waals surface area contributed by atoms with Crippen LogP contribution in [-0.2, 0) is 0 Å². The third-order valence-electron chi connectivity index (χ3n) is 2.33. The smallest absolute Gasteiger partial charge is 0.153 e. The zero-order chi connectivity index (χ0) is 12.3. The summed E-state index contributed by atoms with van der Waals surface area (Å²) < 4.78 is 13.7. The molecule has 88 valence electrons. The molecule has 0 N–H and O–H groups in total. The van der Waals surface area contributed by atoms with Crippen LogP contribution in [0.5, 0.6) is 0 Å². The van der Waals surface area contributed by atoms with Crippen molar-refractivity contribution >= 4 is 23.1 Å². The van der Waals surface area contributed by atoms with Crippen molar-refractivity contribution in [3.8, 4) is 0 Å². The van der Waals surface area contributed by atoms with Crippen molar-refractivity contribution in [2.24, 2.45) is 0 Å². The van der Waals surface area contributed by atoms with Crippen LogP contribution in [0, 0.1) is 5.82 Å². The third-order valence-corrected chi connectivity index (χ3v) is 2.51. The van der Waals surface area contributed by atoms with Crippen LogP contribution in [0.1, 0.15) is 6.92 Å². The molecule has 1 heterocycles. The van der Waals surface area contributed by atoms with Crippen LogP contribution in [0.3, 0.4) is 0 Å². The van der Waals surface area contributed by atoms with Crippen molar-refractivity contribution < 1.29 is 4.39 Å². The molecule has 0 aliphatic rings. The van der Waals surface area contributed by atoms with E-state index < -0.39 is 0 Å². The van der Waals surface area contributed by atoms with Gasteiger partial charge in [-0.1, -0.05) is 23.7 Å². The molecule has 0 radical (unpaired) electrons. The Morgan fingerprint density at radius 1 is 1.29 bits per heavy atom. The van der Waals surface area contributed by atoms with Crippen LogP contribution in [0.4, 0.5) is 15.9 Å². The molecule has 1 aromatic heterocycles. The summed E-state index contributed by atoms with van der Waals surface area (Å²) in [6.07, 6.45) is 3.00. The monoisotopic (exact) mass is 251 g/mol. The number of hydrogen-bond acceptors (Lipinski definition) is 3. The van der Waals surface area contributed by atoms with Gasteiger partial charge in [0.15, 0.2) is 5.82 Å². The van der Waals surface area contributed by atoms with Gasteiger partial charge in [0.2, 0.25) is 0 Å². The van der Waals surface area contributed by atoms with Crippen molar-refractivity contribution in [1.29, 1.82) is 0 Å². The lowest BCUT2D eigenvalue weighted by Gasteiger charge is -2.22. The summed E-state index contributed by atoms with van der Waals surface area (Å²) in [5.74, 6) is 0.237. The molecule has 0 fully saturated rings. The van der Waals surface area contributed by atoms with Crippen LogP contribution in [0.2, 0.25) is 5.15 Å². The largest absolute Gasteiger partial charge is 0.323 e. The summed E-state index contributed by atoms with van der Waals surface area (Å²) >= 11 is 5.78. The van der Waals surface area contributed by atoms with Crippen molar-refractivity contribution in [2.45, 2.75) is 6.92 Å². The molecule has 0 amide bonds. The van der Waals surface area contributed by atoms with Gasteiger partial charge in [0.05, 0.1) is 18.1 Å². The standard InChI is InChI=1S/C12H11ClFN3/c1-2-17(10-6-4-3-5-9(10)14)12-8-15-7-11(13)16-12/h3-8H,2H2,1H3. The highest BCUT2D eigenvalue weighted by atomic mass is 35.5. The van der Waals surface area contributed by atoms with Crippen molar-refractivity contribution in [3.63, 3.8) is 0 Å². The normalized spacial score (nSPS) is 10.3. The minimum Gasteiger partial charge on any atom is -0.323 e. The van der Waals surface area contributed by atoms with Crippen LogP contribution < -0.4 is 4.90 Å². The van der Waals surface area contributed by atoms with Gasteiger partial charge in [0.25, 0.3) is 0 Å². The Kier molecular flexibility index (Phi) is 3.54. The van der Waals surface area contributed by atoms with Crippen LogP contribution >= 0.6 is 11.6 Å². The number of aromatic nitrogens is 2. The van der Waals surface area contributed by atoms with Gasteiger partial charge in [-0.25, -0.2) is 9.37 Å². The third kappa shape index (κ3) is 2.53. The molecule has 0 spiro atoms. The Hall–Kier alpha value is -1.68. The highest BCUT2D eigenvalue weighted by molar-refractivity contribution is 6.29. The molecule has 3 nitrogen and oxygen atoms in total. The van der Waals surface area contributed by atoms with Crippen LogP contribution in [-0.4, -0.2) is 16.5 Å². The number of para-hydroxylation sites is 1. The lowest BCUT2D eigenvalue weighted by Crippen LogP contribution is -2.18. The maximum atomic E-state index is 13.7. The molecule has 0 aliphatic heterocycles. The predicted molar refractivity (Wildman–Crippen MR) is 66.1 cm³/mol. The highest BCUT2D eigenvalue weighted by Gasteiger charge is 2.13. The first kappa shape index (κ1) is 11.8. The molecule has 0 saturated heterocycles. The fraction of sp³-hybridized carbons (Fsp3) is 0.167. The number of rotatable bonds is 3. The highest BCUT2D eigenvalue weighted by Crippen LogP contribution is 2.25. The van der Waals surface area contributed by atoms with Gasteiger partial charge in [-0.3, -0.25) is 4.98 Å². The SMILES string of the molecule is CCN(c1cncc(Cl)n1)c1ccccc1F. The Labute approximate surface area is 104 Å². The molecule has 5 heteroatoms. The Morgan fingerprint density at radius 2 is 2.06 bits per heavy atom. The van der Waals surface area contributed by atoms with Gasteiger partial charge in [-0.15, -0.1) is 0 Å². The fourth-order valence-corrected chi connectivity index (χ4v) is 1.73. The maximum absolute atomic E-state index is 13.7. The van der Waals surface area contributed by atoms with E-state index in [0.717, 1.165) is 0 Å². The topological polar surface area (TPSA) is 29.0 Å². The number of benzene rings is 1. The number of hydrogen-bond donors (Lipinski definition) is 0. The molecule has 0 unspecified atom stereocenters. The molecule has 2 aromatic rings. The van der Waals surface area contributed by atoms with Gasteiger partial charge in [-0.05, 0) is 19.1 Å². The van der Waals surface area contributed by atoms with E-state index in [1.165, 1.54) is 12.3 Å². The summed E-state index contributed by atoms with van der Waals surface area (Å²) in [5, 5.41) is 0.289. The fourth-order valence-electron chi connectivity index (χ4n) is 1.59. The van der Waals surface area contributed by atoms with Gasteiger partial charge >= 0.3 is 0 Å². The average Bonchev–Trinajstić information content (AvgIpc) is 2.33. The molecular formula is C12H11ClFN3. The lowest BCUT2D eigenvalue weighted by atomic mass is 10.2. The summed E-state index contributed by atoms with van der Waals surface area (Å²) in [6.45, 7) is 2.49. The van der Waals surface area contributed by atoms with E-state index in [1.807, 2.05) is 6.92 Å². The summed E-state index contributed by atoms with van der Waals surface area (Å²) in [5.41, 5.74) is 0.464. The molecule has 17 heavy (non-hydrogen) atoms. The van der Waals surface area contributed by atoms with Gasteiger partial charge < -0.3 is 4.90 Å². The second-order valence-corrected chi connectivity index (χ2v) is 3.78. The van der Waals surface area contributed by atoms with E-state index in [0.29, 0.717) is 18.1 Å². The van der Waals surface area contributed by atoms with E-state index in [2.05, 4.69) is 9.97 Å². The zero-order valence-electron chi connectivity index (χ0n) is 9.27. The van der Waals surface area contributed by atoms with Crippen molar-refractivity contribution in [3.05, 3.63) is 47.6 Å². The summed E-state index contributed by atoms with van der Waals surface area (Å²) in [4.78, 5) is 9.79. The minimum absolute atomic E-state index is 0.289. The van der Waals surface area contributed by atoms with Crippen LogP contribution in [0.25, 0.3) is 0 Å². The van der Waals surface area contributed by atoms with Gasteiger partial charge in [0.1, 0.15) is 11.0 Å². The first-order chi connectivity index (χ1) is 8.22. The molecule has 0 bridgehead atoms. The first-order valence-corrected chi connectivity index (χ1v) is 5.59. The van der Waals surface area contributed by atoms with Crippen molar-refractivity contribution in [1.82, 2.24) is 9.97 Å². The number of nitrogens with zero attached hydrogens (tertiary/aromatic N) is 3. The Bertz CT molecular complexity index is 519. The zero-order valence-corrected chi connectivity index (χ0v) is 10.0. The van der Waals surface area contributed by atoms with Gasteiger partial charge in [-0.2, -0.15) is 0 Å². The summed E-state index contributed by atoms with van der Waals surface area (Å²) in [6, 6.07) is 6.53. The van der Waals surface area contributed by atoms with Crippen LogP contribution in [0.15, 0.2) is 36.7 Å². The summed E-state index contributed by atoms with van der Waals surface area (Å²) in [7, 11) is 0. The average molecular weight is 252 g/mol. The quantitative estimate of drug-likeness (QED) is 0.837. The van der Waals surface area contributed by atoms with E-state index in [1.54, 1.807) is 29.3 Å². The molecule has 0 saturated carbocycles. The van der Waals surface area contributed by atoms with E-state index in [4.69, 9.17) is 11.6 Å². The Morgan fingerprint density at radius 3 is 2.71 bits per heavy atom. The number of anilines is 2. The predicted octanol–water partition coefficient (Wildman–Crippen LogP) is 3.43. The second-order valence-electron chi connectivity index (χ2n) is 3.40. The molecule has 0 aliphatic carbocycles. The van der Waals surface area contributed by atoms with E-state index in [9.17, 15) is 4.39 Å². The molecule has 0 atom stereocenters. The number of halogens is 2. The Balaban J connectivity index is 2.44. The lowest BCUT2D eigenvalue weighted by molar-refractivity contribution is 0.625. The minimum atomic E-state index is -0.295. The first-order valence-electron chi connectivity index (χ1n) is 5.22. The second kappa shape index (κ2) is 5.10. The molecular weight excluding hydrogens is 241 g/mol. The molecule has 2 rings (SSSR count). The van der Waals surface area contributed by atoms with Gasteiger partial charge in [0, 0.05) is 6.54 Å². The van der Waals surface area contributed by atoms with E-state index in [-0.39, 0.29) is 11.0 Å². The van der Waals surface area contributed by atoms with E-state index >= 15 is 0 Å². The van der Waals surface area contributed by atoms with Crippen molar-refractivity contribution in [2.75, 3.05) is 11.4 Å². The maximum Gasteiger partial charge on any atom is 0.153 e. The molecule has 1 aromatic carbocycles.